The van der Waals surface area contributed by atoms with Crippen LogP contribution in [0.3, 0.4) is 0 Å². The Bertz CT molecular complexity index is 488. The van der Waals surface area contributed by atoms with Crippen molar-refractivity contribution in [2.75, 3.05) is 6.61 Å². The Kier molecular flexibility index (Phi) is 2.82. The first-order valence-corrected chi connectivity index (χ1v) is 5.67. The highest BCUT2D eigenvalue weighted by molar-refractivity contribution is 6.19. The summed E-state index contributed by atoms with van der Waals surface area (Å²) < 4.78 is 5.30. The molecule has 2 fully saturated rings. The molecule has 3 aliphatic rings. The molecule has 19 heavy (non-hydrogen) atoms. The second-order valence-corrected chi connectivity index (χ2v) is 4.27. The number of nitrogens with one attached hydrogen (secondary N) is 1. The first-order chi connectivity index (χ1) is 9.13. The zero-order valence-electron chi connectivity index (χ0n) is 9.67. The molecule has 9 nitrogen and oxygen atoms in total. The number of carbonyl (C=O) groups excluding carboxylic acids is 1. The van der Waals surface area contributed by atoms with Gasteiger partial charge in [0.15, 0.2) is 17.7 Å². The van der Waals surface area contributed by atoms with Gasteiger partial charge in [0.2, 0.25) is 0 Å². The topological polar surface area (TPSA) is 127 Å². The summed E-state index contributed by atoms with van der Waals surface area (Å²) in [5.74, 6) is -0.189. The molecular weight excluding hydrogens is 256 g/mol. The summed E-state index contributed by atoms with van der Waals surface area (Å²) in [6.45, 7) is -0.432. The van der Waals surface area contributed by atoms with Crippen LogP contribution in [0, 0.1) is 0 Å². The van der Waals surface area contributed by atoms with Gasteiger partial charge < -0.3 is 20.1 Å². The van der Waals surface area contributed by atoms with Gasteiger partial charge in [0.05, 0.1) is 6.61 Å². The van der Waals surface area contributed by atoms with E-state index >= 15 is 0 Å². The zero-order valence-corrected chi connectivity index (χ0v) is 9.67. The fourth-order valence-electron chi connectivity index (χ4n) is 2.13. The van der Waals surface area contributed by atoms with Crippen LogP contribution in [0.1, 0.15) is 0 Å². The second-order valence-electron chi connectivity index (χ2n) is 4.27. The van der Waals surface area contributed by atoms with E-state index in [9.17, 15) is 15.0 Å². The Morgan fingerprint density at radius 1 is 1.32 bits per heavy atom. The van der Waals surface area contributed by atoms with E-state index in [1.54, 1.807) is 0 Å². The standard InChI is InChI=1S/C10H12N4O5/c15-3-4-6(16)7(17)10(19-4)14-5(9(18)13-14)8-11-1-2-12-8/h1-2,4,6-7,10,15-17H,3H2,(H,13,18). The lowest BCUT2D eigenvalue weighted by atomic mass is 10.1. The highest BCUT2D eigenvalue weighted by Crippen LogP contribution is 2.30. The SMILES string of the molecule is O=C1NN(C2OC(CO)C(O)C2O)C1=C1N=CC=N1. The summed E-state index contributed by atoms with van der Waals surface area (Å²) in [6, 6.07) is 0. The zero-order chi connectivity index (χ0) is 13.6. The van der Waals surface area contributed by atoms with Crippen molar-refractivity contribution in [3.63, 3.8) is 0 Å². The molecule has 0 saturated carbocycles. The van der Waals surface area contributed by atoms with Gasteiger partial charge in [0.1, 0.15) is 18.3 Å². The Morgan fingerprint density at radius 3 is 2.53 bits per heavy atom. The molecule has 3 aliphatic heterocycles. The van der Waals surface area contributed by atoms with Crippen molar-refractivity contribution in [2.45, 2.75) is 24.5 Å². The van der Waals surface area contributed by atoms with Crippen LogP contribution < -0.4 is 5.43 Å². The maximum atomic E-state index is 11.5. The molecule has 3 heterocycles. The molecule has 0 bridgehead atoms. The van der Waals surface area contributed by atoms with E-state index in [2.05, 4.69) is 15.4 Å². The lowest BCUT2D eigenvalue weighted by Gasteiger charge is -2.40. The van der Waals surface area contributed by atoms with Gasteiger partial charge in [-0.3, -0.25) is 10.2 Å². The summed E-state index contributed by atoms with van der Waals surface area (Å²) in [7, 11) is 0. The van der Waals surface area contributed by atoms with Gasteiger partial charge in [-0.25, -0.2) is 15.0 Å². The molecule has 0 spiro atoms. The highest BCUT2D eigenvalue weighted by Gasteiger charge is 2.51. The molecule has 102 valence electrons. The molecule has 4 atom stereocenters. The van der Waals surface area contributed by atoms with Crippen LogP contribution in [-0.4, -0.2) is 69.8 Å². The Morgan fingerprint density at radius 2 is 2.00 bits per heavy atom. The lowest BCUT2D eigenvalue weighted by Crippen LogP contribution is -2.63. The van der Waals surface area contributed by atoms with Crippen molar-refractivity contribution in [2.24, 2.45) is 9.98 Å². The summed E-state index contributed by atoms with van der Waals surface area (Å²) in [6.07, 6.45) is -1.51. The number of aliphatic imine (C=N–C) groups is 2. The average Bonchev–Trinajstić information content (AvgIpc) is 2.98. The van der Waals surface area contributed by atoms with E-state index in [0.29, 0.717) is 0 Å². The molecule has 0 aromatic heterocycles. The van der Waals surface area contributed by atoms with Crippen molar-refractivity contribution in [3.05, 3.63) is 11.5 Å². The Hall–Kier alpha value is -1.81. The predicted molar refractivity (Wildman–Crippen MR) is 61.8 cm³/mol. The van der Waals surface area contributed by atoms with Crippen molar-refractivity contribution < 1.29 is 24.9 Å². The van der Waals surface area contributed by atoms with Gasteiger partial charge in [-0.05, 0) is 0 Å². The highest BCUT2D eigenvalue weighted by atomic mass is 16.6. The molecule has 0 aromatic carbocycles. The molecule has 3 rings (SSSR count). The molecule has 0 aliphatic carbocycles. The van der Waals surface area contributed by atoms with Crippen LogP contribution in [-0.2, 0) is 9.53 Å². The van der Waals surface area contributed by atoms with Crippen LogP contribution in [0.4, 0.5) is 0 Å². The minimum atomic E-state index is -1.26. The molecule has 4 unspecified atom stereocenters. The second kappa shape index (κ2) is 4.38. The Labute approximate surface area is 107 Å². The number of carbonyl (C=O) groups is 1. The van der Waals surface area contributed by atoms with Gasteiger partial charge in [0, 0.05) is 12.4 Å². The Balaban J connectivity index is 1.84. The third-order valence-corrected chi connectivity index (χ3v) is 3.12. The van der Waals surface area contributed by atoms with Crippen molar-refractivity contribution >= 4 is 18.3 Å². The number of ether oxygens (including phenoxy) is 1. The normalized spacial score (nSPS) is 37.0. The quantitative estimate of drug-likeness (QED) is 0.398. The van der Waals surface area contributed by atoms with Crippen molar-refractivity contribution in [1.82, 2.24) is 10.4 Å². The third kappa shape index (κ3) is 1.75. The van der Waals surface area contributed by atoms with Crippen LogP contribution in [0.5, 0.6) is 0 Å². The smallest absolute Gasteiger partial charge is 0.292 e. The van der Waals surface area contributed by atoms with E-state index < -0.39 is 37.1 Å². The third-order valence-electron chi connectivity index (χ3n) is 3.12. The van der Waals surface area contributed by atoms with Gasteiger partial charge >= 0.3 is 0 Å². The van der Waals surface area contributed by atoms with Crippen molar-refractivity contribution in [1.29, 1.82) is 0 Å². The number of aliphatic hydroxyl groups excluding tert-OH is 3. The summed E-state index contributed by atoms with van der Waals surface area (Å²) in [4.78, 5) is 19.3. The molecule has 9 heteroatoms. The van der Waals surface area contributed by atoms with Crippen LogP contribution in [0.2, 0.25) is 0 Å². The van der Waals surface area contributed by atoms with E-state index in [0.717, 1.165) is 0 Å². The average molecular weight is 268 g/mol. The number of hydrogen-bond acceptors (Lipinski definition) is 8. The number of nitrogens with zero attached hydrogens (tertiary/aromatic N) is 3. The van der Waals surface area contributed by atoms with Gasteiger partial charge in [-0.2, -0.15) is 0 Å². The number of hydrogen-bond donors (Lipinski definition) is 4. The summed E-state index contributed by atoms with van der Waals surface area (Å²) >= 11 is 0. The fraction of sp³-hybridized carbons (Fsp3) is 0.500. The first kappa shape index (κ1) is 12.2. The maximum Gasteiger partial charge on any atom is 0.292 e. The largest absolute Gasteiger partial charge is 0.394 e. The fourth-order valence-corrected chi connectivity index (χ4v) is 2.13. The van der Waals surface area contributed by atoms with E-state index in [1.807, 2.05) is 0 Å². The minimum absolute atomic E-state index is 0.153. The van der Waals surface area contributed by atoms with Crippen molar-refractivity contribution in [3.8, 4) is 0 Å². The summed E-state index contributed by atoms with van der Waals surface area (Å²) in [5.41, 5.74) is 2.57. The lowest BCUT2D eigenvalue weighted by molar-refractivity contribution is -0.157. The monoisotopic (exact) mass is 268 g/mol. The maximum absolute atomic E-state index is 11.5. The van der Waals surface area contributed by atoms with E-state index in [4.69, 9.17) is 9.84 Å². The first-order valence-electron chi connectivity index (χ1n) is 5.67. The van der Waals surface area contributed by atoms with Crippen LogP contribution in [0.25, 0.3) is 0 Å². The molecule has 0 radical (unpaired) electrons. The van der Waals surface area contributed by atoms with Crippen LogP contribution >= 0.6 is 0 Å². The van der Waals surface area contributed by atoms with Gasteiger partial charge in [-0.1, -0.05) is 0 Å². The van der Waals surface area contributed by atoms with Gasteiger partial charge in [-0.15, -0.1) is 0 Å². The number of aliphatic hydroxyl groups is 3. The van der Waals surface area contributed by atoms with E-state index in [-0.39, 0.29) is 11.5 Å². The number of rotatable bonds is 2. The van der Waals surface area contributed by atoms with Gasteiger partial charge in [0.25, 0.3) is 5.91 Å². The molecule has 2 saturated heterocycles. The molecule has 1 amide bonds. The molecule has 0 aromatic rings. The van der Waals surface area contributed by atoms with E-state index in [1.165, 1.54) is 17.4 Å². The predicted octanol–water partition coefficient (Wildman–Crippen LogP) is -2.90. The summed E-state index contributed by atoms with van der Waals surface area (Å²) in [5, 5.41) is 29.8. The number of amides is 1. The minimum Gasteiger partial charge on any atom is -0.394 e. The van der Waals surface area contributed by atoms with Crippen LogP contribution in [0.15, 0.2) is 21.5 Å². The molecular formula is C10H12N4O5. The molecule has 4 N–H and O–H groups in total. The number of hydrazine groups is 1.